The van der Waals surface area contributed by atoms with Crippen LogP contribution in [0, 0.1) is 23.2 Å². The zero-order valence-electron chi connectivity index (χ0n) is 16.7. The van der Waals surface area contributed by atoms with Crippen molar-refractivity contribution in [3.05, 3.63) is 35.9 Å². The van der Waals surface area contributed by atoms with Gasteiger partial charge in [0, 0.05) is 12.0 Å². The third-order valence-electron chi connectivity index (χ3n) is 4.61. The minimum atomic E-state index is -0.0138. The number of aryl methyl sites for hydroxylation is 1. The molecule has 1 aromatic rings. The van der Waals surface area contributed by atoms with E-state index in [9.17, 15) is 4.79 Å². The van der Waals surface area contributed by atoms with Crippen molar-refractivity contribution in [2.75, 3.05) is 0 Å². The fraction of sp³-hybridized carbons (Fsp3) is 0.682. The molecular formula is C22H37NO. The van der Waals surface area contributed by atoms with Crippen LogP contribution in [0.4, 0.5) is 0 Å². The molecule has 0 heterocycles. The van der Waals surface area contributed by atoms with E-state index in [2.05, 4.69) is 78.0 Å². The first-order chi connectivity index (χ1) is 11.1. The van der Waals surface area contributed by atoms with Gasteiger partial charge in [0.2, 0.25) is 5.91 Å². The monoisotopic (exact) mass is 331 g/mol. The van der Waals surface area contributed by atoms with Crippen molar-refractivity contribution in [1.82, 2.24) is 5.32 Å². The average Bonchev–Trinajstić information content (AvgIpc) is 2.43. The highest BCUT2D eigenvalue weighted by Gasteiger charge is 2.34. The molecule has 0 aliphatic rings. The zero-order chi connectivity index (χ0) is 18.3. The number of carbonyl (C=O) groups excluding carboxylic acids is 1. The molecule has 2 heteroatoms. The predicted molar refractivity (Wildman–Crippen MR) is 104 cm³/mol. The van der Waals surface area contributed by atoms with Crippen LogP contribution in [0.15, 0.2) is 30.3 Å². The molecule has 0 bridgehead atoms. The lowest BCUT2D eigenvalue weighted by atomic mass is 9.73. The maximum absolute atomic E-state index is 12.9. The summed E-state index contributed by atoms with van der Waals surface area (Å²) in [4.78, 5) is 12.9. The summed E-state index contributed by atoms with van der Waals surface area (Å²) in [7, 11) is 0. The molecule has 1 rings (SSSR count). The molecule has 1 amide bonds. The summed E-state index contributed by atoms with van der Waals surface area (Å²) in [6, 6.07) is 10.8. The van der Waals surface area contributed by atoms with Crippen LogP contribution in [0.3, 0.4) is 0 Å². The van der Waals surface area contributed by atoms with Crippen molar-refractivity contribution >= 4 is 5.91 Å². The molecule has 2 nitrogen and oxygen atoms in total. The molecule has 1 N–H and O–H groups in total. The predicted octanol–water partition coefficient (Wildman–Crippen LogP) is 5.47. The Labute approximate surface area is 149 Å². The van der Waals surface area contributed by atoms with Gasteiger partial charge in [0.1, 0.15) is 0 Å². The summed E-state index contributed by atoms with van der Waals surface area (Å²) in [6.07, 6.45) is 3.05. The van der Waals surface area contributed by atoms with Crippen LogP contribution < -0.4 is 5.32 Å². The van der Waals surface area contributed by atoms with Gasteiger partial charge in [-0.15, -0.1) is 0 Å². The second-order valence-electron chi connectivity index (χ2n) is 8.95. The number of amides is 1. The van der Waals surface area contributed by atoms with E-state index in [0.717, 1.165) is 19.3 Å². The average molecular weight is 332 g/mol. The molecule has 24 heavy (non-hydrogen) atoms. The maximum atomic E-state index is 12.9. The van der Waals surface area contributed by atoms with Gasteiger partial charge < -0.3 is 5.32 Å². The SMILES string of the molecule is CC(C)C[C@H](CCc1ccccc1)NC(=O)[C@@H](C(C)C)C(C)(C)C. The molecule has 0 aliphatic heterocycles. The highest BCUT2D eigenvalue weighted by molar-refractivity contribution is 5.80. The van der Waals surface area contributed by atoms with E-state index in [1.807, 2.05) is 6.07 Å². The Morgan fingerprint density at radius 2 is 1.62 bits per heavy atom. The van der Waals surface area contributed by atoms with Crippen LogP contribution in [0.1, 0.15) is 66.9 Å². The first-order valence-electron chi connectivity index (χ1n) is 9.45. The summed E-state index contributed by atoms with van der Waals surface area (Å²) in [6.45, 7) is 15.3. The lowest BCUT2D eigenvalue weighted by Gasteiger charge is -2.34. The van der Waals surface area contributed by atoms with Gasteiger partial charge in [-0.2, -0.15) is 0 Å². The Morgan fingerprint density at radius 1 is 1.04 bits per heavy atom. The van der Waals surface area contributed by atoms with Gasteiger partial charge in [-0.25, -0.2) is 0 Å². The van der Waals surface area contributed by atoms with Crippen LogP contribution in [-0.2, 0) is 11.2 Å². The van der Waals surface area contributed by atoms with E-state index in [0.29, 0.717) is 11.8 Å². The molecule has 0 unspecified atom stereocenters. The van der Waals surface area contributed by atoms with Crippen LogP contribution >= 0.6 is 0 Å². The fourth-order valence-electron chi connectivity index (χ4n) is 3.79. The van der Waals surface area contributed by atoms with Crippen molar-refractivity contribution in [2.45, 2.75) is 73.8 Å². The van der Waals surface area contributed by atoms with Crippen molar-refractivity contribution in [3.8, 4) is 0 Å². The van der Waals surface area contributed by atoms with Crippen molar-refractivity contribution in [1.29, 1.82) is 0 Å². The van der Waals surface area contributed by atoms with Gasteiger partial charge in [0.15, 0.2) is 0 Å². The molecule has 0 saturated carbocycles. The minimum absolute atomic E-state index is 0.0138. The number of benzene rings is 1. The van der Waals surface area contributed by atoms with Gasteiger partial charge in [-0.1, -0.05) is 78.8 Å². The van der Waals surface area contributed by atoms with Gasteiger partial charge in [0.05, 0.1) is 0 Å². The number of hydrogen-bond acceptors (Lipinski definition) is 1. The number of nitrogens with one attached hydrogen (secondary N) is 1. The smallest absolute Gasteiger partial charge is 0.224 e. The van der Waals surface area contributed by atoms with E-state index in [1.165, 1.54) is 5.56 Å². The first kappa shape index (κ1) is 20.7. The molecule has 0 radical (unpaired) electrons. The normalized spacial score (nSPS) is 14.7. The summed E-state index contributed by atoms with van der Waals surface area (Å²) < 4.78 is 0. The molecule has 0 aliphatic carbocycles. The Morgan fingerprint density at radius 3 is 2.08 bits per heavy atom. The third-order valence-corrected chi connectivity index (χ3v) is 4.61. The lowest BCUT2D eigenvalue weighted by molar-refractivity contribution is -0.131. The molecule has 2 atom stereocenters. The van der Waals surface area contributed by atoms with Crippen LogP contribution in [0.25, 0.3) is 0 Å². The molecule has 0 spiro atoms. The summed E-state index contributed by atoms with van der Waals surface area (Å²) in [5.41, 5.74) is 1.33. The summed E-state index contributed by atoms with van der Waals surface area (Å²) >= 11 is 0. The van der Waals surface area contributed by atoms with Gasteiger partial charge in [-0.3, -0.25) is 4.79 Å². The van der Waals surface area contributed by atoms with Gasteiger partial charge >= 0.3 is 0 Å². The van der Waals surface area contributed by atoms with Crippen LogP contribution in [0.5, 0.6) is 0 Å². The zero-order valence-corrected chi connectivity index (χ0v) is 16.7. The molecule has 0 aromatic heterocycles. The summed E-state index contributed by atoms with van der Waals surface area (Å²) in [5, 5.41) is 3.37. The quantitative estimate of drug-likeness (QED) is 0.672. The number of carbonyl (C=O) groups is 1. The summed E-state index contributed by atoms with van der Waals surface area (Å²) in [5.74, 6) is 1.19. The van der Waals surface area contributed by atoms with E-state index >= 15 is 0 Å². The molecule has 136 valence electrons. The van der Waals surface area contributed by atoms with E-state index in [1.54, 1.807) is 0 Å². The van der Waals surface area contributed by atoms with Crippen molar-refractivity contribution in [2.24, 2.45) is 23.2 Å². The van der Waals surface area contributed by atoms with Gasteiger partial charge in [0.25, 0.3) is 0 Å². The molecule has 1 aromatic carbocycles. The van der Waals surface area contributed by atoms with E-state index in [-0.39, 0.29) is 23.3 Å². The fourth-order valence-corrected chi connectivity index (χ4v) is 3.79. The number of hydrogen-bond donors (Lipinski definition) is 1. The maximum Gasteiger partial charge on any atom is 0.224 e. The van der Waals surface area contributed by atoms with E-state index in [4.69, 9.17) is 0 Å². The van der Waals surface area contributed by atoms with Crippen molar-refractivity contribution < 1.29 is 4.79 Å². The highest BCUT2D eigenvalue weighted by Crippen LogP contribution is 2.32. The third kappa shape index (κ3) is 7.07. The standard InChI is InChI=1S/C22H37NO/c1-16(2)15-19(14-13-18-11-9-8-10-12-18)23-21(24)20(17(3)4)22(5,6)7/h8-12,16-17,19-20H,13-15H2,1-7H3,(H,23,24)/t19-,20+/m0/s1. The van der Waals surface area contributed by atoms with E-state index < -0.39 is 0 Å². The van der Waals surface area contributed by atoms with Crippen LogP contribution in [0.2, 0.25) is 0 Å². The minimum Gasteiger partial charge on any atom is -0.353 e. The first-order valence-corrected chi connectivity index (χ1v) is 9.45. The molecular weight excluding hydrogens is 294 g/mol. The van der Waals surface area contributed by atoms with Crippen LogP contribution in [-0.4, -0.2) is 11.9 Å². The second kappa shape index (κ2) is 9.25. The molecule has 0 saturated heterocycles. The Hall–Kier alpha value is -1.31. The largest absolute Gasteiger partial charge is 0.353 e. The van der Waals surface area contributed by atoms with Gasteiger partial charge in [-0.05, 0) is 42.1 Å². The highest BCUT2D eigenvalue weighted by atomic mass is 16.2. The Kier molecular flexibility index (Phi) is 7.99. The van der Waals surface area contributed by atoms with Crippen molar-refractivity contribution in [3.63, 3.8) is 0 Å². The second-order valence-corrected chi connectivity index (χ2v) is 8.95. The topological polar surface area (TPSA) is 29.1 Å². The lowest BCUT2D eigenvalue weighted by Crippen LogP contribution is -2.45. The Bertz CT molecular complexity index is 484. The number of rotatable bonds is 8. The Balaban J connectivity index is 2.75. The molecule has 0 fully saturated rings.